The molecule has 0 aliphatic carbocycles. The molecule has 6 heteroatoms. The van der Waals surface area contributed by atoms with Gasteiger partial charge in [0.2, 0.25) is 0 Å². The fourth-order valence-electron chi connectivity index (χ4n) is 1.31. The fourth-order valence-corrected chi connectivity index (χ4v) is 1.44. The number of carbonyl (C=O) groups excluding carboxylic acids is 1. The van der Waals surface area contributed by atoms with Gasteiger partial charge in [-0.05, 0) is 24.6 Å². The third-order valence-electron chi connectivity index (χ3n) is 2.32. The molecule has 4 nitrogen and oxygen atoms in total. The van der Waals surface area contributed by atoms with Crippen molar-refractivity contribution in [1.29, 1.82) is 0 Å². The normalized spacial score (nSPS) is 9.89. The second kappa shape index (κ2) is 6.90. The minimum atomic E-state index is -0.564. The van der Waals surface area contributed by atoms with Crippen molar-refractivity contribution in [3.63, 3.8) is 0 Å². The third kappa shape index (κ3) is 4.29. The predicted molar refractivity (Wildman–Crippen MR) is 74.2 cm³/mol. The van der Waals surface area contributed by atoms with E-state index in [1.165, 1.54) is 12.1 Å². The number of halogens is 1. The lowest BCUT2D eigenvalue weighted by atomic mass is 10.2. The van der Waals surface area contributed by atoms with Crippen molar-refractivity contribution in [2.24, 2.45) is 5.73 Å². The Labute approximate surface area is 111 Å². The number of hydrogen-bond acceptors (Lipinski definition) is 2. The van der Waals surface area contributed by atoms with E-state index < -0.39 is 11.8 Å². The lowest BCUT2D eigenvalue weighted by Crippen LogP contribution is -2.29. The van der Waals surface area contributed by atoms with Crippen LogP contribution in [0.5, 0.6) is 0 Å². The van der Waals surface area contributed by atoms with Gasteiger partial charge in [-0.3, -0.25) is 0 Å². The molecule has 1 aromatic rings. The van der Waals surface area contributed by atoms with E-state index in [-0.39, 0.29) is 10.7 Å². The molecule has 18 heavy (non-hydrogen) atoms. The molecule has 0 unspecified atom stereocenters. The smallest absolute Gasteiger partial charge is 0.319 e. The van der Waals surface area contributed by atoms with E-state index in [1.807, 2.05) is 6.92 Å². The van der Waals surface area contributed by atoms with Crippen LogP contribution in [0.4, 0.5) is 14.9 Å². The van der Waals surface area contributed by atoms with Gasteiger partial charge in [0.25, 0.3) is 0 Å². The molecule has 0 saturated carbocycles. The maximum Gasteiger partial charge on any atom is 0.319 e. The van der Waals surface area contributed by atoms with E-state index in [0.29, 0.717) is 12.1 Å². The number of rotatable bonds is 5. The Kier molecular flexibility index (Phi) is 5.51. The molecular weight excluding hydrogens is 253 g/mol. The van der Waals surface area contributed by atoms with Crippen LogP contribution in [-0.4, -0.2) is 17.6 Å². The summed E-state index contributed by atoms with van der Waals surface area (Å²) in [7, 11) is 0. The highest BCUT2D eigenvalue weighted by atomic mass is 32.1. The van der Waals surface area contributed by atoms with Gasteiger partial charge in [-0.2, -0.15) is 0 Å². The SMILES string of the molecule is CCCCNC(=O)Nc1ccc(C(N)=S)cc1F. The summed E-state index contributed by atoms with van der Waals surface area (Å²) in [6, 6.07) is 3.77. The summed E-state index contributed by atoms with van der Waals surface area (Å²) in [6.07, 6.45) is 1.87. The van der Waals surface area contributed by atoms with Crippen LogP contribution in [0.1, 0.15) is 25.3 Å². The Morgan fingerprint density at radius 2 is 2.22 bits per heavy atom. The van der Waals surface area contributed by atoms with Gasteiger partial charge in [-0.15, -0.1) is 0 Å². The van der Waals surface area contributed by atoms with Gasteiger partial charge in [-0.25, -0.2) is 9.18 Å². The molecule has 0 fully saturated rings. The molecule has 0 aliphatic rings. The summed E-state index contributed by atoms with van der Waals surface area (Å²) >= 11 is 4.73. The van der Waals surface area contributed by atoms with Crippen LogP contribution >= 0.6 is 12.2 Å². The van der Waals surface area contributed by atoms with Crippen molar-refractivity contribution in [3.05, 3.63) is 29.6 Å². The van der Waals surface area contributed by atoms with Crippen molar-refractivity contribution < 1.29 is 9.18 Å². The predicted octanol–water partition coefficient (Wildman–Crippen LogP) is 2.38. The average molecular weight is 269 g/mol. The molecule has 0 spiro atoms. The molecule has 0 aromatic heterocycles. The molecule has 4 N–H and O–H groups in total. The number of nitrogens with one attached hydrogen (secondary N) is 2. The Morgan fingerprint density at radius 3 is 2.78 bits per heavy atom. The highest BCUT2D eigenvalue weighted by Crippen LogP contribution is 2.15. The monoisotopic (exact) mass is 269 g/mol. The maximum atomic E-state index is 13.6. The number of benzene rings is 1. The van der Waals surface area contributed by atoms with Gasteiger partial charge in [0.05, 0.1) is 5.69 Å². The molecular formula is C12H16FN3OS. The van der Waals surface area contributed by atoms with E-state index in [9.17, 15) is 9.18 Å². The Morgan fingerprint density at radius 1 is 1.50 bits per heavy atom. The topological polar surface area (TPSA) is 67.2 Å². The van der Waals surface area contributed by atoms with Crippen molar-refractivity contribution in [2.45, 2.75) is 19.8 Å². The third-order valence-corrected chi connectivity index (χ3v) is 2.55. The van der Waals surface area contributed by atoms with E-state index >= 15 is 0 Å². The molecule has 2 amide bonds. The standard InChI is InChI=1S/C12H16FN3OS/c1-2-3-6-15-12(17)16-10-5-4-8(11(14)18)7-9(10)13/h4-5,7H,2-3,6H2,1H3,(H2,14,18)(H2,15,16,17). The highest BCUT2D eigenvalue weighted by molar-refractivity contribution is 7.80. The molecule has 1 rings (SSSR count). The lowest BCUT2D eigenvalue weighted by molar-refractivity contribution is 0.252. The second-order valence-electron chi connectivity index (χ2n) is 3.79. The number of nitrogens with two attached hydrogens (primary N) is 1. The van der Waals surface area contributed by atoms with Crippen LogP contribution in [0.2, 0.25) is 0 Å². The molecule has 0 radical (unpaired) electrons. The van der Waals surface area contributed by atoms with Gasteiger partial charge in [0.1, 0.15) is 10.8 Å². The van der Waals surface area contributed by atoms with Crippen molar-refractivity contribution >= 4 is 28.9 Å². The van der Waals surface area contributed by atoms with Crippen molar-refractivity contribution in [3.8, 4) is 0 Å². The number of anilines is 1. The van der Waals surface area contributed by atoms with E-state index in [0.717, 1.165) is 12.8 Å². The zero-order chi connectivity index (χ0) is 13.5. The van der Waals surface area contributed by atoms with Crippen LogP contribution < -0.4 is 16.4 Å². The first-order chi connectivity index (χ1) is 8.54. The number of unbranched alkanes of at least 4 members (excludes halogenated alkanes) is 1. The van der Waals surface area contributed by atoms with Crippen LogP contribution in [0.25, 0.3) is 0 Å². The largest absolute Gasteiger partial charge is 0.389 e. The summed E-state index contributed by atoms with van der Waals surface area (Å²) in [5.41, 5.74) is 5.91. The molecule has 0 atom stereocenters. The number of amides is 2. The molecule has 98 valence electrons. The Hall–Kier alpha value is -1.69. The molecule has 0 saturated heterocycles. The first-order valence-corrected chi connectivity index (χ1v) is 6.09. The lowest BCUT2D eigenvalue weighted by Gasteiger charge is -2.09. The number of hydrogen-bond donors (Lipinski definition) is 3. The van der Waals surface area contributed by atoms with Crippen molar-refractivity contribution in [1.82, 2.24) is 5.32 Å². The summed E-state index contributed by atoms with van der Waals surface area (Å²) in [4.78, 5) is 11.5. The molecule has 0 aliphatic heterocycles. The Balaban J connectivity index is 2.62. The quantitative estimate of drug-likeness (QED) is 0.568. The summed E-state index contributed by atoms with van der Waals surface area (Å²) in [5.74, 6) is -0.564. The molecule has 1 aromatic carbocycles. The fraction of sp³-hybridized carbons (Fsp3) is 0.333. The van der Waals surface area contributed by atoms with Gasteiger partial charge in [0.15, 0.2) is 0 Å². The van der Waals surface area contributed by atoms with Gasteiger partial charge >= 0.3 is 6.03 Å². The van der Waals surface area contributed by atoms with E-state index in [2.05, 4.69) is 10.6 Å². The number of urea groups is 1. The minimum Gasteiger partial charge on any atom is -0.389 e. The summed E-state index contributed by atoms with van der Waals surface area (Å²) < 4.78 is 13.6. The highest BCUT2D eigenvalue weighted by Gasteiger charge is 2.08. The summed E-state index contributed by atoms with van der Waals surface area (Å²) in [6.45, 7) is 2.59. The van der Waals surface area contributed by atoms with Gasteiger partial charge in [-0.1, -0.05) is 25.6 Å². The molecule has 0 heterocycles. The van der Waals surface area contributed by atoms with Crippen LogP contribution in [-0.2, 0) is 0 Å². The first-order valence-electron chi connectivity index (χ1n) is 5.68. The maximum absolute atomic E-state index is 13.6. The zero-order valence-corrected chi connectivity index (χ0v) is 10.9. The molecule has 0 bridgehead atoms. The average Bonchev–Trinajstić information content (AvgIpc) is 2.32. The zero-order valence-electron chi connectivity index (χ0n) is 10.1. The van der Waals surface area contributed by atoms with Crippen LogP contribution in [0.3, 0.4) is 0 Å². The van der Waals surface area contributed by atoms with Crippen molar-refractivity contribution in [2.75, 3.05) is 11.9 Å². The summed E-state index contributed by atoms with van der Waals surface area (Å²) in [5, 5.41) is 5.06. The van der Waals surface area contributed by atoms with E-state index in [1.54, 1.807) is 6.07 Å². The van der Waals surface area contributed by atoms with Gasteiger partial charge < -0.3 is 16.4 Å². The number of thiocarbonyl (C=S) groups is 1. The van der Waals surface area contributed by atoms with Crippen LogP contribution in [0.15, 0.2) is 18.2 Å². The minimum absolute atomic E-state index is 0.101. The number of carbonyl (C=O) groups is 1. The van der Waals surface area contributed by atoms with Crippen LogP contribution in [0, 0.1) is 5.82 Å². The van der Waals surface area contributed by atoms with Gasteiger partial charge in [0, 0.05) is 12.1 Å². The second-order valence-corrected chi connectivity index (χ2v) is 4.23. The van der Waals surface area contributed by atoms with E-state index in [4.69, 9.17) is 18.0 Å². The Bertz CT molecular complexity index is 451. The first kappa shape index (κ1) is 14.4.